The molecule has 2 heterocycles. The Morgan fingerprint density at radius 1 is 1.17 bits per heavy atom. The highest BCUT2D eigenvalue weighted by Gasteiger charge is 2.23. The predicted molar refractivity (Wildman–Crippen MR) is 134 cm³/mol. The van der Waals surface area contributed by atoms with Crippen LogP contribution < -0.4 is 14.8 Å². The van der Waals surface area contributed by atoms with Gasteiger partial charge in [-0.1, -0.05) is 19.9 Å². The molecule has 2 aromatic heterocycles. The maximum absolute atomic E-state index is 14.9. The average molecular weight is 522 g/mol. The van der Waals surface area contributed by atoms with E-state index in [0.717, 1.165) is 11.3 Å². The smallest absolute Gasteiger partial charge is 0.254 e. The summed E-state index contributed by atoms with van der Waals surface area (Å²) in [5, 5.41) is 4.11. The number of nitrogens with zero attached hydrogens (tertiary/aromatic N) is 3. The first-order valence-corrected chi connectivity index (χ1v) is 13.6. The molecule has 2 unspecified atom stereocenters. The van der Waals surface area contributed by atoms with Gasteiger partial charge in [0.1, 0.15) is 5.82 Å². The second-order valence-electron chi connectivity index (χ2n) is 7.75. The van der Waals surface area contributed by atoms with Crippen LogP contribution in [0.4, 0.5) is 9.52 Å². The molecule has 2 N–H and O–H groups in total. The summed E-state index contributed by atoms with van der Waals surface area (Å²) in [4.78, 5) is 25.5. The lowest BCUT2D eigenvalue weighted by Gasteiger charge is -2.16. The van der Waals surface area contributed by atoms with Crippen molar-refractivity contribution in [2.75, 3.05) is 11.3 Å². The minimum Gasteiger partial charge on any atom is -0.477 e. The normalized spacial score (nSPS) is 13.2. The second kappa shape index (κ2) is 11.5. The molecule has 2 atom stereocenters. The minimum absolute atomic E-state index is 0.131. The van der Waals surface area contributed by atoms with Crippen LogP contribution >= 0.6 is 11.3 Å². The van der Waals surface area contributed by atoms with E-state index in [1.165, 1.54) is 24.5 Å². The van der Waals surface area contributed by atoms with Crippen LogP contribution in [0.5, 0.6) is 5.88 Å². The number of anilines is 1. The lowest BCUT2D eigenvalue weighted by Crippen LogP contribution is -2.29. The number of carbonyl (C=O) groups excluding carboxylic acids is 1. The van der Waals surface area contributed by atoms with Crippen LogP contribution in [0, 0.1) is 5.82 Å². The third kappa shape index (κ3) is 6.51. The number of ether oxygens (including phenoxy) is 1. The second-order valence-corrected chi connectivity index (χ2v) is 10.7. The van der Waals surface area contributed by atoms with Crippen molar-refractivity contribution in [2.45, 2.75) is 51.8 Å². The van der Waals surface area contributed by atoms with Crippen molar-refractivity contribution < 1.29 is 22.3 Å². The number of benzene rings is 1. The van der Waals surface area contributed by atoms with Gasteiger partial charge in [0.25, 0.3) is 5.91 Å². The molecular formula is C23H28FN5O4S2. The molecule has 1 aromatic carbocycles. The summed E-state index contributed by atoms with van der Waals surface area (Å²) >= 11 is 1.13. The number of rotatable bonds is 11. The van der Waals surface area contributed by atoms with E-state index in [4.69, 9.17) is 4.74 Å². The minimum atomic E-state index is -3.54. The van der Waals surface area contributed by atoms with Gasteiger partial charge in [0.05, 0.1) is 47.2 Å². The Morgan fingerprint density at radius 2 is 1.94 bits per heavy atom. The summed E-state index contributed by atoms with van der Waals surface area (Å²) < 4.78 is 47.3. The molecule has 0 bridgehead atoms. The van der Waals surface area contributed by atoms with Gasteiger partial charge >= 0.3 is 0 Å². The number of amides is 1. The van der Waals surface area contributed by atoms with E-state index in [2.05, 4.69) is 25.0 Å². The lowest BCUT2D eigenvalue weighted by molar-refractivity contribution is 0.0930. The van der Waals surface area contributed by atoms with Gasteiger partial charge in [-0.15, -0.1) is 11.3 Å². The standard InChI is InChI=1S/C23H28FN5O4S2/c1-5-14(4)35(31,32)29-23-28-20(13-34-23)18(6-2)27-22(30)16-9-8-15(10-17(16)24)19-11-25-12-21(26-19)33-7-3/h8-14,18H,5-7H2,1-4H3,(H,27,30)(H,28,29). The number of hydrogen-bond donors (Lipinski definition) is 2. The largest absolute Gasteiger partial charge is 0.477 e. The zero-order valence-electron chi connectivity index (χ0n) is 19.9. The van der Waals surface area contributed by atoms with E-state index in [1.807, 2.05) is 13.8 Å². The molecule has 35 heavy (non-hydrogen) atoms. The van der Waals surface area contributed by atoms with Crippen LogP contribution in [-0.4, -0.2) is 41.1 Å². The highest BCUT2D eigenvalue weighted by atomic mass is 32.2. The molecule has 3 rings (SSSR count). The topological polar surface area (TPSA) is 123 Å². The first kappa shape index (κ1) is 26.5. The fourth-order valence-electron chi connectivity index (χ4n) is 3.12. The van der Waals surface area contributed by atoms with Gasteiger partial charge in [0, 0.05) is 10.9 Å². The van der Waals surface area contributed by atoms with Crippen molar-refractivity contribution in [1.82, 2.24) is 20.3 Å². The fourth-order valence-corrected chi connectivity index (χ4v) is 5.20. The van der Waals surface area contributed by atoms with Crippen LogP contribution in [0.2, 0.25) is 0 Å². The summed E-state index contributed by atoms with van der Waals surface area (Å²) in [6.07, 6.45) is 3.90. The zero-order chi connectivity index (χ0) is 25.6. The Labute approximate surface area is 208 Å². The quantitative estimate of drug-likeness (QED) is 0.379. The Balaban J connectivity index is 1.74. The molecule has 3 aromatic rings. The number of sulfonamides is 1. The van der Waals surface area contributed by atoms with E-state index < -0.39 is 33.0 Å². The lowest BCUT2D eigenvalue weighted by atomic mass is 10.1. The summed E-state index contributed by atoms with van der Waals surface area (Å²) in [6, 6.07) is 3.67. The molecule has 0 aliphatic heterocycles. The van der Waals surface area contributed by atoms with Gasteiger partial charge in [0.2, 0.25) is 15.9 Å². The predicted octanol–water partition coefficient (Wildman–Crippen LogP) is 4.56. The molecule has 0 saturated heterocycles. The van der Waals surface area contributed by atoms with Gasteiger partial charge in [-0.2, -0.15) is 0 Å². The molecule has 188 valence electrons. The Bertz CT molecular complexity index is 1280. The summed E-state index contributed by atoms with van der Waals surface area (Å²) in [7, 11) is -3.54. The third-order valence-electron chi connectivity index (χ3n) is 5.34. The number of hydrogen-bond acceptors (Lipinski definition) is 8. The summed E-state index contributed by atoms with van der Waals surface area (Å²) in [6.45, 7) is 7.50. The van der Waals surface area contributed by atoms with Crippen molar-refractivity contribution in [1.29, 1.82) is 0 Å². The molecule has 0 aliphatic carbocycles. The van der Waals surface area contributed by atoms with Crippen molar-refractivity contribution in [2.24, 2.45) is 0 Å². The first-order valence-electron chi connectivity index (χ1n) is 11.2. The SMILES string of the molecule is CCOc1cncc(-c2ccc(C(=O)NC(CC)c3csc(NS(=O)(=O)C(C)CC)n3)c(F)c2)n1. The Kier molecular flexibility index (Phi) is 8.73. The Hall–Kier alpha value is -3.12. The average Bonchev–Trinajstić information content (AvgIpc) is 3.29. The number of halogens is 1. The third-order valence-corrected chi connectivity index (χ3v) is 8.12. The number of carbonyl (C=O) groups is 1. The highest BCUT2D eigenvalue weighted by Crippen LogP contribution is 2.26. The fraction of sp³-hybridized carbons (Fsp3) is 0.391. The molecule has 12 heteroatoms. The summed E-state index contributed by atoms with van der Waals surface area (Å²) in [5.74, 6) is -0.990. The molecule has 0 aliphatic rings. The number of nitrogens with one attached hydrogen (secondary N) is 2. The van der Waals surface area contributed by atoms with Gasteiger partial charge in [0.15, 0.2) is 5.13 Å². The number of thiazole rings is 1. The molecule has 0 saturated carbocycles. The van der Waals surface area contributed by atoms with Crippen molar-refractivity contribution in [3.63, 3.8) is 0 Å². The van der Waals surface area contributed by atoms with Gasteiger partial charge in [-0.3, -0.25) is 14.5 Å². The molecule has 9 nitrogen and oxygen atoms in total. The first-order chi connectivity index (χ1) is 16.7. The van der Waals surface area contributed by atoms with Crippen LogP contribution in [-0.2, 0) is 10.0 Å². The molecule has 0 fully saturated rings. The van der Waals surface area contributed by atoms with Crippen LogP contribution in [0.1, 0.15) is 62.6 Å². The van der Waals surface area contributed by atoms with E-state index in [1.54, 1.807) is 25.3 Å². The molecule has 0 spiro atoms. The van der Waals surface area contributed by atoms with Crippen molar-refractivity contribution >= 4 is 32.4 Å². The van der Waals surface area contributed by atoms with Crippen LogP contribution in [0.15, 0.2) is 36.0 Å². The van der Waals surface area contributed by atoms with Gasteiger partial charge in [-0.25, -0.2) is 22.8 Å². The highest BCUT2D eigenvalue weighted by molar-refractivity contribution is 7.93. The summed E-state index contributed by atoms with van der Waals surface area (Å²) in [5.41, 5.74) is 1.24. The van der Waals surface area contributed by atoms with E-state index >= 15 is 0 Å². The van der Waals surface area contributed by atoms with Crippen LogP contribution in [0.3, 0.4) is 0 Å². The van der Waals surface area contributed by atoms with Gasteiger partial charge < -0.3 is 10.1 Å². The van der Waals surface area contributed by atoms with E-state index in [0.29, 0.717) is 42.3 Å². The maximum Gasteiger partial charge on any atom is 0.254 e. The van der Waals surface area contributed by atoms with E-state index in [9.17, 15) is 17.6 Å². The van der Waals surface area contributed by atoms with Gasteiger partial charge in [-0.05, 0) is 38.8 Å². The molecule has 1 amide bonds. The van der Waals surface area contributed by atoms with Crippen molar-refractivity contribution in [3.8, 4) is 17.1 Å². The number of aromatic nitrogens is 3. The van der Waals surface area contributed by atoms with Crippen LogP contribution in [0.25, 0.3) is 11.3 Å². The maximum atomic E-state index is 14.9. The Morgan fingerprint density at radius 3 is 2.60 bits per heavy atom. The van der Waals surface area contributed by atoms with E-state index in [-0.39, 0.29) is 10.7 Å². The molecular weight excluding hydrogens is 493 g/mol. The zero-order valence-corrected chi connectivity index (χ0v) is 21.5. The molecule has 0 radical (unpaired) electrons. The monoisotopic (exact) mass is 521 g/mol. The van der Waals surface area contributed by atoms with Crippen molar-refractivity contribution in [3.05, 3.63) is 53.0 Å².